The smallest absolute Gasteiger partial charge is 0.338 e. The van der Waals surface area contributed by atoms with Gasteiger partial charge in [-0.3, -0.25) is 4.79 Å². The number of amides is 1. The molecule has 0 radical (unpaired) electrons. The molecule has 1 atom stereocenters. The molecule has 7 nitrogen and oxygen atoms in total. The average Bonchev–Trinajstić information content (AvgIpc) is 3.56. The first-order valence-electron chi connectivity index (χ1n) is 9.95. The second kappa shape index (κ2) is 7.67. The molecule has 0 bridgehead atoms. The van der Waals surface area contributed by atoms with Gasteiger partial charge in [0.05, 0.1) is 18.1 Å². The van der Waals surface area contributed by atoms with Gasteiger partial charge in [0.1, 0.15) is 23.3 Å². The van der Waals surface area contributed by atoms with Crippen LogP contribution in [-0.4, -0.2) is 29.2 Å². The molecule has 1 aliphatic heterocycles. The zero-order valence-electron chi connectivity index (χ0n) is 16.2. The Labute approximate surface area is 172 Å². The molecule has 1 unspecified atom stereocenters. The highest BCUT2D eigenvalue weighted by Crippen LogP contribution is 2.33. The van der Waals surface area contributed by atoms with Gasteiger partial charge in [-0.25, -0.2) is 9.80 Å². The van der Waals surface area contributed by atoms with Gasteiger partial charge in [0.15, 0.2) is 6.61 Å². The van der Waals surface area contributed by atoms with E-state index in [4.69, 9.17) is 13.6 Å². The van der Waals surface area contributed by atoms with Crippen LogP contribution in [0.1, 0.15) is 51.9 Å². The molecular weight excluding hydrogens is 384 g/mol. The Hall–Kier alpha value is -3.61. The molecule has 0 fully saturated rings. The number of hydrogen-bond donors (Lipinski definition) is 0. The molecule has 5 rings (SSSR count). The average molecular weight is 404 g/mol. The number of furan rings is 2. The van der Waals surface area contributed by atoms with Crippen LogP contribution in [0.3, 0.4) is 0 Å². The van der Waals surface area contributed by atoms with Crippen molar-refractivity contribution >= 4 is 17.6 Å². The number of rotatable bonds is 5. The highest BCUT2D eigenvalue weighted by atomic mass is 16.5. The molecule has 0 spiro atoms. The van der Waals surface area contributed by atoms with Crippen molar-refractivity contribution in [2.75, 3.05) is 6.61 Å². The fraction of sp³-hybridized carbons (Fsp3) is 0.261. The third-order valence-electron chi connectivity index (χ3n) is 5.50. The molecule has 3 aromatic rings. The second-order valence-electron chi connectivity index (χ2n) is 7.41. The summed E-state index contributed by atoms with van der Waals surface area (Å²) in [6, 6.07) is 12.3. The molecule has 0 N–H and O–H groups in total. The molecule has 1 aliphatic carbocycles. The highest BCUT2D eigenvalue weighted by molar-refractivity contribution is 6.01. The molecule has 1 amide bonds. The molecular formula is C23H20N2O5. The Morgan fingerprint density at radius 1 is 1.07 bits per heavy atom. The van der Waals surface area contributed by atoms with Gasteiger partial charge < -0.3 is 13.6 Å². The summed E-state index contributed by atoms with van der Waals surface area (Å²) in [5.41, 5.74) is 3.56. The van der Waals surface area contributed by atoms with E-state index in [0.29, 0.717) is 29.2 Å². The maximum absolute atomic E-state index is 12.9. The van der Waals surface area contributed by atoms with Crippen molar-refractivity contribution < 1.29 is 23.2 Å². The molecule has 0 saturated carbocycles. The monoisotopic (exact) mass is 404 g/mol. The van der Waals surface area contributed by atoms with Crippen LogP contribution in [0.2, 0.25) is 0 Å². The predicted octanol–water partition coefficient (Wildman–Crippen LogP) is 3.90. The maximum Gasteiger partial charge on any atom is 0.338 e. The van der Waals surface area contributed by atoms with E-state index >= 15 is 0 Å². The second-order valence-corrected chi connectivity index (χ2v) is 7.41. The minimum absolute atomic E-state index is 0.401. The van der Waals surface area contributed by atoms with E-state index in [1.807, 2.05) is 12.1 Å². The molecule has 30 heavy (non-hydrogen) atoms. The number of fused-ring (bicyclic) bond motifs is 1. The predicted molar refractivity (Wildman–Crippen MR) is 107 cm³/mol. The Bertz CT molecular complexity index is 1100. The maximum atomic E-state index is 12.9. The van der Waals surface area contributed by atoms with Gasteiger partial charge in [0.2, 0.25) is 0 Å². The van der Waals surface area contributed by atoms with Crippen LogP contribution in [0.25, 0.3) is 0 Å². The fourth-order valence-corrected chi connectivity index (χ4v) is 4.01. The largest absolute Gasteiger partial charge is 0.467 e. The van der Waals surface area contributed by atoms with Gasteiger partial charge in [-0.1, -0.05) is 6.07 Å². The molecule has 0 saturated heterocycles. The quantitative estimate of drug-likeness (QED) is 0.602. The number of hydrazone groups is 1. The van der Waals surface area contributed by atoms with Crippen LogP contribution >= 0.6 is 0 Å². The lowest BCUT2D eigenvalue weighted by atomic mass is 10.1. The van der Waals surface area contributed by atoms with Crippen molar-refractivity contribution in [3.63, 3.8) is 0 Å². The van der Waals surface area contributed by atoms with Crippen molar-refractivity contribution in [2.24, 2.45) is 5.10 Å². The van der Waals surface area contributed by atoms with Crippen LogP contribution in [0.5, 0.6) is 0 Å². The molecule has 3 heterocycles. The number of esters is 1. The third kappa shape index (κ3) is 3.43. The molecule has 1 aromatic carbocycles. The van der Waals surface area contributed by atoms with Crippen molar-refractivity contribution in [3.8, 4) is 0 Å². The highest BCUT2D eigenvalue weighted by Gasteiger charge is 2.36. The minimum atomic E-state index is -0.512. The summed E-state index contributed by atoms with van der Waals surface area (Å²) in [6.45, 7) is -0.401. The van der Waals surface area contributed by atoms with Crippen LogP contribution in [-0.2, 0) is 22.4 Å². The molecule has 2 aliphatic rings. The van der Waals surface area contributed by atoms with Gasteiger partial charge in [-0.05, 0) is 66.8 Å². The van der Waals surface area contributed by atoms with Gasteiger partial charge in [0.25, 0.3) is 5.91 Å². The lowest BCUT2D eigenvalue weighted by Crippen LogP contribution is -2.31. The first kappa shape index (κ1) is 18.4. The van der Waals surface area contributed by atoms with Gasteiger partial charge in [0, 0.05) is 6.42 Å². The third-order valence-corrected chi connectivity index (χ3v) is 5.50. The van der Waals surface area contributed by atoms with Gasteiger partial charge >= 0.3 is 5.97 Å². The van der Waals surface area contributed by atoms with E-state index in [1.165, 1.54) is 16.1 Å². The number of hydrogen-bond acceptors (Lipinski definition) is 6. The lowest BCUT2D eigenvalue weighted by molar-refractivity contribution is -0.136. The Morgan fingerprint density at radius 3 is 2.70 bits per heavy atom. The summed E-state index contributed by atoms with van der Waals surface area (Å²) in [5.74, 6) is 0.269. The van der Waals surface area contributed by atoms with E-state index in [0.717, 1.165) is 19.3 Å². The van der Waals surface area contributed by atoms with Crippen molar-refractivity contribution in [1.29, 1.82) is 0 Å². The van der Waals surface area contributed by atoms with E-state index in [9.17, 15) is 9.59 Å². The number of benzene rings is 1. The number of nitrogens with zero attached hydrogens (tertiary/aromatic N) is 2. The van der Waals surface area contributed by atoms with Crippen LogP contribution in [0.4, 0.5) is 0 Å². The van der Waals surface area contributed by atoms with Gasteiger partial charge in [-0.2, -0.15) is 5.10 Å². The Morgan fingerprint density at radius 2 is 1.90 bits per heavy atom. The van der Waals surface area contributed by atoms with Crippen LogP contribution < -0.4 is 0 Å². The molecule has 152 valence electrons. The number of ether oxygens (including phenoxy) is 1. The first-order chi connectivity index (χ1) is 14.7. The molecule has 2 aromatic heterocycles. The van der Waals surface area contributed by atoms with E-state index in [1.54, 1.807) is 42.9 Å². The SMILES string of the molecule is O=C(OCC(=O)N1N=C(c2ccco2)CC1c1ccco1)c1ccc2c(c1)CCC2. The number of aryl methyl sites for hydroxylation is 2. The summed E-state index contributed by atoms with van der Waals surface area (Å²) in [5, 5.41) is 5.73. The summed E-state index contributed by atoms with van der Waals surface area (Å²) in [4.78, 5) is 25.3. The summed E-state index contributed by atoms with van der Waals surface area (Å²) >= 11 is 0. The molecule has 7 heteroatoms. The number of carbonyl (C=O) groups excluding carboxylic acids is 2. The summed E-state index contributed by atoms with van der Waals surface area (Å²) in [6.07, 6.45) is 6.68. The summed E-state index contributed by atoms with van der Waals surface area (Å²) < 4.78 is 16.2. The Balaban J connectivity index is 1.30. The normalized spacial score (nSPS) is 17.7. The lowest BCUT2D eigenvalue weighted by Gasteiger charge is -2.19. The zero-order chi connectivity index (χ0) is 20.5. The van der Waals surface area contributed by atoms with Crippen molar-refractivity contribution in [1.82, 2.24) is 5.01 Å². The fourth-order valence-electron chi connectivity index (χ4n) is 4.01. The minimum Gasteiger partial charge on any atom is -0.467 e. The Kier molecular flexibility index (Phi) is 4.71. The summed E-state index contributed by atoms with van der Waals surface area (Å²) in [7, 11) is 0. The van der Waals surface area contributed by atoms with Crippen LogP contribution in [0, 0.1) is 0 Å². The van der Waals surface area contributed by atoms with Crippen LogP contribution in [0.15, 0.2) is 68.9 Å². The van der Waals surface area contributed by atoms with Crippen molar-refractivity contribution in [2.45, 2.75) is 31.7 Å². The standard InChI is InChI=1S/C23H20N2O5/c26-22(14-30-23(27)17-9-8-15-4-1-5-16(15)12-17)25-19(21-7-3-11-29-21)13-18(24-25)20-6-2-10-28-20/h2-3,6-12,19H,1,4-5,13-14H2. The zero-order valence-corrected chi connectivity index (χ0v) is 16.2. The van der Waals surface area contributed by atoms with E-state index < -0.39 is 24.5 Å². The number of carbonyl (C=O) groups is 2. The topological polar surface area (TPSA) is 85.3 Å². The van der Waals surface area contributed by atoms with Gasteiger partial charge in [-0.15, -0.1) is 0 Å². The van der Waals surface area contributed by atoms with E-state index in [2.05, 4.69) is 5.10 Å². The van der Waals surface area contributed by atoms with Crippen molar-refractivity contribution in [3.05, 3.63) is 83.2 Å². The van der Waals surface area contributed by atoms with E-state index in [-0.39, 0.29) is 0 Å². The first-order valence-corrected chi connectivity index (χ1v) is 9.95.